The Hall–Kier alpha value is -3.15. The van der Waals surface area contributed by atoms with Crippen LogP contribution in [0.5, 0.6) is 0 Å². The van der Waals surface area contributed by atoms with Crippen molar-refractivity contribution in [3.05, 3.63) is 71.8 Å². The van der Waals surface area contributed by atoms with Gasteiger partial charge in [0.25, 0.3) is 0 Å². The Morgan fingerprint density at radius 1 is 0.818 bits per heavy atom. The summed E-state index contributed by atoms with van der Waals surface area (Å²) in [5, 5.41) is 10.4. The molecule has 1 unspecified atom stereocenters. The van der Waals surface area contributed by atoms with Crippen molar-refractivity contribution in [1.82, 2.24) is 0 Å². The van der Waals surface area contributed by atoms with E-state index < -0.39 is 34.7 Å². The minimum atomic E-state index is -2.13. The van der Waals surface area contributed by atoms with E-state index in [9.17, 15) is 19.5 Å². The van der Waals surface area contributed by atoms with Gasteiger partial charge in [0.1, 0.15) is 13.2 Å². The van der Waals surface area contributed by atoms with Crippen LogP contribution in [-0.2, 0) is 37.1 Å². The molecular weight excluding hydrogens is 420 g/mol. The zero-order valence-electron chi connectivity index (χ0n) is 20.0. The van der Waals surface area contributed by atoms with Gasteiger partial charge in [0.2, 0.25) is 0 Å². The monoisotopic (exact) mass is 454 g/mol. The molecule has 0 aliphatic carbocycles. The Kier molecular flexibility index (Phi) is 8.80. The number of carboxylic acids is 1. The molecule has 1 N–H and O–H groups in total. The van der Waals surface area contributed by atoms with E-state index in [0.29, 0.717) is 0 Å². The van der Waals surface area contributed by atoms with Crippen molar-refractivity contribution in [2.75, 3.05) is 0 Å². The maximum Gasteiger partial charge on any atom is 0.325 e. The number of rotatable bonds is 10. The van der Waals surface area contributed by atoms with Crippen molar-refractivity contribution >= 4 is 17.9 Å². The molecule has 0 saturated carbocycles. The van der Waals surface area contributed by atoms with Gasteiger partial charge in [0, 0.05) is 0 Å². The highest BCUT2D eigenvalue weighted by atomic mass is 16.5. The SMILES string of the molecule is CC(C)C[C@@H](C(=O)OCc1ccccc1)C(C(=O)O)(C(=O)OCc1ccccc1)C(C)(C)C. The average molecular weight is 455 g/mol. The predicted molar refractivity (Wildman–Crippen MR) is 125 cm³/mol. The molecule has 0 aromatic heterocycles. The second kappa shape index (κ2) is 11.1. The maximum atomic E-state index is 13.5. The molecule has 0 heterocycles. The van der Waals surface area contributed by atoms with E-state index in [0.717, 1.165) is 11.1 Å². The Morgan fingerprint density at radius 2 is 1.27 bits per heavy atom. The highest BCUT2D eigenvalue weighted by Gasteiger charge is 2.64. The van der Waals surface area contributed by atoms with Crippen LogP contribution in [0, 0.1) is 22.7 Å². The Balaban J connectivity index is 2.43. The van der Waals surface area contributed by atoms with Crippen molar-refractivity contribution in [1.29, 1.82) is 0 Å². The Morgan fingerprint density at radius 3 is 1.67 bits per heavy atom. The van der Waals surface area contributed by atoms with E-state index in [1.807, 2.05) is 50.2 Å². The molecule has 2 aromatic rings. The minimum absolute atomic E-state index is 0.00677. The lowest BCUT2D eigenvalue weighted by Crippen LogP contribution is -2.58. The maximum absolute atomic E-state index is 13.5. The largest absolute Gasteiger partial charge is 0.480 e. The summed E-state index contributed by atoms with van der Waals surface area (Å²) in [7, 11) is 0. The molecule has 2 rings (SSSR count). The first-order chi connectivity index (χ1) is 15.5. The molecule has 0 aliphatic heterocycles. The van der Waals surface area contributed by atoms with Crippen molar-refractivity contribution < 1.29 is 29.0 Å². The highest BCUT2D eigenvalue weighted by Crippen LogP contribution is 2.49. The van der Waals surface area contributed by atoms with Crippen LogP contribution in [0.25, 0.3) is 0 Å². The molecule has 2 atom stereocenters. The number of hydrogen-bond donors (Lipinski definition) is 1. The molecule has 6 heteroatoms. The molecule has 33 heavy (non-hydrogen) atoms. The second-order valence-corrected chi connectivity index (χ2v) is 9.70. The van der Waals surface area contributed by atoms with Crippen LogP contribution in [0.1, 0.15) is 52.2 Å². The van der Waals surface area contributed by atoms with Crippen LogP contribution in [0.2, 0.25) is 0 Å². The van der Waals surface area contributed by atoms with Crippen LogP contribution in [-0.4, -0.2) is 23.0 Å². The molecule has 0 bridgehead atoms. The lowest BCUT2D eigenvalue weighted by Gasteiger charge is -2.43. The summed E-state index contributed by atoms with van der Waals surface area (Å²) in [5.74, 6) is -4.32. The van der Waals surface area contributed by atoms with Crippen LogP contribution in [0.4, 0.5) is 0 Å². The summed E-state index contributed by atoms with van der Waals surface area (Å²) in [6.07, 6.45) is 0.164. The number of carbonyl (C=O) groups is 3. The first kappa shape index (κ1) is 26.1. The van der Waals surface area contributed by atoms with E-state index in [4.69, 9.17) is 9.47 Å². The van der Waals surface area contributed by atoms with Gasteiger partial charge < -0.3 is 14.6 Å². The number of carboxylic acid groups (broad SMARTS) is 1. The molecule has 6 nitrogen and oxygen atoms in total. The van der Waals surface area contributed by atoms with Gasteiger partial charge in [-0.05, 0) is 28.9 Å². The van der Waals surface area contributed by atoms with Crippen molar-refractivity contribution in [3.63, 3.8) is 0 Å². The standard InChI is InChI=1S/C27H34O6/c1-19(2)16-22(23(28)32-17-20-12-8-6-9-13-20)27(24(29)30,26(3,4)5)25(31)33-18-21-14-10-7-11-15-21/h6-15,19,22H,16-18H2,1-5H3,(H,29,30)/t22-,27?/m0/s1. The van der Waals surface area contributed by atoms with Gasteiger partial charge >= 0.3 is 17.9 Å². The lowest BCUT2D eigenvalue weighted by molar-refractivity contribution is -0.194. The molecule has 0 aliphatic rings. The zero-order chi connectivity index (χ0) is 24.6. The van der Waals surface area contributed by atoms with Gasteiger partial charge in [-0.3, -0.25) is 14.4 Å². The molecule has 0 fully saturated rings. The normalized spacial score (nSPS) is 14.2. The van der Waals surface area contributed by atoms with Gasteiger partial charge in [-0.1, -0.05) is 95.3 Å². The topological polar surface area (TPSA) is 89.9 Å². The van der Waals surface area contributed by atoms with Crippen molar-refractivity contribution in [3.8, 4) is 0 Å². The summed E-state index contributed by atoms with van der Waals surface area (Å²) in [4.78, 5) is 39.7. The Labute approximate surface area is 195 Å². The predicted octanol–water partition coefficient (Wildman–Crippen LogP) is 5.25. The summed E-state index contributed by atoms with van der Waals surface area (Å²) in [6, 6.07) is 18.1. The third kappa shape index (κ3) is 6.21. The quantitative estimate of drug-likeness (QED) is 0.389. The summed E-state index contributed by atoms with van der Waals surface area (Å²) >= 11 is 0. The van der Waals surface area contributed by atoms with Gasteiger partial charge in [-0.25, -0.2) is 0 Å². The van der Waals surface area contributed by atoms with Gasteiger partial charge in [-0.15, -0.1) is 0 Å². The van der Waals surface area contributed by atoms with E-state index in [2.05, 4.69) is 0 Å². The number of carbonyl (C=O) groups excluding carboxylic acids is 2. The minimum Gasteiger partial charge on any atom is -0.480 e. The van der Waals surface area contributed by atoms with Gasteiger partial charge in [-0.2, -0.15) is 0 Å². The molecule has 178 valence electrons. The highest BCUT2D eigenvalue weighted by molar-refractivity contribution is 6.04. The summed E-state index contributed by atoms with van der Waals surface area (Å²) in [6.45, 7) is 8.59. The van der Waals surface area contributed by atoms with E-state index in [1.54, 1.807) is 45.0 Å². The summed E-state index contributed by atoms with van der Waals surface area (Å²) in [5.41, 5.74) is -1.75. The molecule has 2 aromatic carbocycles. The molecule has 0 spiro atoms. The van der Waals surface area contributed by atoms with E-state index in [1.165, 1.54) is 0 Å². The number of hydrogen-bond acceptors (Lipinski definition) is 5. The molecule has 0 radical (unpaired) electrons. The first-order valence-electron chi connectivity index (χ1n) is 11.1. The van der Waals surface area contributed by atoms with Crippen LogP contribution in [0.3, 0.4) is 0 Å². The number of aliphatic carboxylic acids is 1. The van der Waals surface area contributed by atoms with Crippen LogP contribution in [0.15, 0.2) is 60.7 Å². The zero-order valence-corrected chi connectivity index (χ0v) is 20.0. The molecule has 0 saturated heterocycles. The average Bonchev–Trinajstić information content (AvgIpc) is 2.75. The van der Waals surface area contributed by atoms with E-state index in [-0.39, 0.29) is 25.6 Å². The fourth-order valence-electron chi connectivity index (χ4n) is 4.12. The molecule has 0 amide bonds. The third-order valence-electron chi connectivity index (χ3n) is 5.79. The fraction of sp³-hybridized carbons (Fsp3) is 0.444. The second-order valence-electron chi connectivity index (χ2n) is 9.70. The van der Waals surface area contributed by atoms with Crippen LogP contribution < -0.4 is 0 Å². The van der Waals surface area contributed by atoms with Crippen molar-refractivity contribution in [2.45, 2.75) is 54.3 Å². The van der Waals surface area contributed by atoms with Crippen molar-refractivity contribution in [2.24, 2.45) is 22.7 Å². The number of ether oxygens (including phenoxy) is 2. The smallest absolute Gasteiger partial charge is 0.325 e. The summed E-state index contributed by atoms with van der Waals surface area (Å²) < 4.78 is 11.1. The van der Waals surface area contributed by atoms with E-state index >= 15 is 0 Å². The van der Waals surface area contributed by atoms with Gasteiger partial charge in [0.05, 0.1) is 5.92 Å². The molecular formula is C27H34O6. The number of benzene rings is 2. The van der Waals surface area contributed by atoms with Crippen LogP contribution >= 0.6 is 0 Å². The third-order valence-corrected chi connectivity index (χ3v) is 5.79. The lowest BCUT2D eigenvalue weighted by atomic mass is 9.57. The van der Waals surface area contributed by atoms with Gasteiger partial charge in [0.15, 0.2) is 5.41 Å². The first-order valence-corrected chi connectivity index (χ1v) is 11.1. The fourth-order valence-corrected chi connectivity index (χ4v) is 4.12. The number of esters is 2. The Bertz CT molecular complexity index is 930.